The van der Waals surface area contributed by atoms with Gasteiger partial charge in [0, 0.05) is 45.2 Å². The average Bonchev–Trinajstić information content (AvgIpc) is 2.71. The second kappa shape index (κ2) is 17.8. The molecule has 162 valence electrons. The molecule has 0 bridgehead atoms. The summed E-state index contributed by atoms with van der Waals surface area (Å²) in [5, 5.41) is 9.56. The third kappa shape index (κ3) is 13.0. The van der Waals surface area contributed by atoms with Crippen LogP contribution in [0.15, 0.2) is 24.3 Å². The summed E-state index contributed by atoms with van der Waals surface area (Å²) in [5.74, 6) is 0.331. The third-order valence-corrected chi connectivity index (χ3v) is 4.93. The fourth-order valence-electron chi connectivity index (χ4n) is 3.10. The van der Waals surface area contributed by atoms with Crippen LogP contribution in [-0.2, 0) is 9.47 Å². The van der Waals surface area contributed by atoms with Gasteiger partial charge >= 0.3 is 0 Å². The SMILES string of the molecule is CCCCOCCCCCN(CCCCCOCCCC)c1ccc(O)cc1. The Balaban J connectivity index is 2.24. The van der Waals surface area contributed by atoms with Gasteiger partial charge in [0.15, 0.2) is 0 Å². The van der Waals surface area contributed by atoms with E-state index >= 15 is 0 Å². The van der Waals surface area contributed by atoms with Crippen LogP contribution in [0, 0.1) is 0 Å². The third-order valence-electron chi connectivity index (χ3n) is 4.93. The van der Waals surface area contributed by atoms with Crippen LogP contribution in [0.4, 0.5) is 5.69 Å². The number of phenolic OH excluding ortho intramolecular Hbond substituents is 1. The summed E-state index contributed by atoms with van der Waals surface area (Å²) < 4.78 is 11.3. The number of benzene rings is 1. The number of anilines is 1. The second-order valence-corrected chi connectivity index (χ2v) is 7.56. The molecular formula is C24H43NO3. The molecule has 1 aromatic carbocycles. The Morgan fingerprint density at radius 2 is 1.11 bits per heavy atom. The first-order chi connectivity index (χ1) is 13.8. The molecule has 0 aliphatic carbocycles. The monoisotopic (exact) mass is 393 g/mol. The molecule has 4 nitrogen and oxygen atoms in total. The molecule has 0 saturated heterocycles. The van der Waals surface area contributed by atoms with E-state index in [9.17, 15) is 5.11 Å². The zero-order valence-electron chi connectivity index (χ0n) is 18.3. The smallest absolute Gasteiger partial charge is 0.115 e. The Hall–Kier alpha value is -1.26. The van der Waals surface area contributed by atoms with Crippen molar-refractivity contribution in [2.75, 3.05) is 44.4 Å². The molecule has 0 atom stereocenters. The van der Waals surface area contributed by atoms with Crippen LogP contribution in [0.25, 0.3) is 0 Å². The minimum atomic E-state index is 0.331. The van der Waals surface area contributed by atoms with Crippen LogP contribution < -0.4 is 4.90 Å². The Bertz CT molecular complexity index is 430. The van der Waals surface area contributed by atoms with E-state index in [1.807, 2.05) is 12.1 Å². The molecule has 0 aliphatic heterocycles. The molecule has 1 aromatic rings. The molecule has 0 saturated carbocycles. The summed E-state index contributed by atoms with van der Waals surface area (Å²) in [6.45, 7) is 10.1. The molecule has 0 fully saturated rings. The highest BCUT2D eigenvalue weighted by Gasteiger charge is 2.06. The number of ether oxygens (including phenoxy) is 2. The van der Waals surface area contributed by atoms with Crippen LogP contribution in [0.3, 0.4) is 0 Å². The van der Waals surface area contributed by atoms with Gasteiger partial charge in [0.25, 0.3) is 0 Å². The van der Waals surface area contributed by atoms with Gasteiger partial charge in [-0.2, -0.15) is 0 Å². The van der Waals surface area contributed by atoms with E-state index < -0.39 is 0 Å². The van der Waals surface area contributed by atoms with E-state index in [0.717, 1.165) is 65.2 Å². The van der Waals surface area contributed by atoms with Gasteiger partial charge in [0.1, 0.15) is 5.75 Å². The van der Waals surface area contributed by atoms with Gasteiger partial charge in [-0.05, 0) is 75.6 Å². The van der Waals surface area contributed by atoms with Gasteiger partial charge in [-0.3, -0.25) is 0 Å². The van der Waals surface area contributed by atoms with E-state index in [-0.39, 0.29) is 0 Å². The first kappa shape index (κ1) is 24.8. The van der Waals surface area contributed by atoms with Gasteiger partial charge in [0.2, 0.25) is 0 Å². The summed E-state index contributed by atoms with van der Waals surface area (Å²) in [6, 6.07) is 7.62. The lowest BCUT2D eigenvalue weighted by Gasteiger charge is -2.25. The van der Waals surface area contributed by atoms with E-state index in [2.05, 4.69) is 18.7 Å². The van der Waals surface area contributed by atoms with Crippen molar-refractivity contribution in [2.24, 2.45) is 0 Å². The van der Waals surface area contributed by atoms with E-state index in [1.54, 1.807) is 12.1 Å². The maximum atomic E-state index is 9.56. The number of phenols is 1. The Kier molecular flexibility index (Phi) is 15.8. The number of nitrogens with zero attached hydrogens (tertiary/aromatic N) is 1. The summed E-state index contributed by atoms with van der Waals surface area (Å²) in [7, 11) is 0. The topological polar surface area (TPSA) is 41.9 Å². The average molecular weight is 394 g/mol. The second-order valence-electron chi connectivity index (χ2n) is 7.56. The summed E-state index contributed by atoms with van der Waals surface area (Å²) in [4.78, 5) is 2.45. The fraction of sp³-hybridized carbons (Fsp3) is 0.750. The quantitative estimate of drug-likeness (QED) is 0.285. The van der Waals surface area contributed by atoms with Gasteiger partial charge < -0.3 is 19.5 Å². The van der Waals surface area contributed by atoms with Gasteiger partial charge in [-0.25, -0.2) is 0 Å². The normalized spacial score (nSPS) is 11.1. The Morgan fingerprint density at radius 1 is 0.643 bits per heavy atom. The lowest BCUT2D eigenvalue weighted by Crippen LogP contribution is -2.25. The van der Waals surface area contributed by atoms with Crippen molar-refractivity contribution >= 4 is 5.69 Å². The highest BCUT2D eigenvalue weighted by atomic mass is 16.5. The first-order valence-corrected chi connectivity index (χ1v) is 11.5. The lowest BCUT2D eigenvalue weighted by atomic mass is 10.2. The van der Waals surface area contributed by atoms with Crippen molar-refractivity contribution in [1.82, 2.24) is 0 Å². The standard InChI is InChI=1S/C24H43NO3/c1-3-5-19-27-21-11-7-9-17-25(23-13-15-24(26)16-14-23)18-10-8-12-22-28-20-6-4-2/h13-16,26H,3-12,17-22H2,1-2H3. The summed E-state index contributed by atoms with van der Waals surface area (Å²) in [5.41, 5.74) is 1.20. The molecule has 28 heavy (non-hydrogen) atoms. The van der Waals surface area contributed by atoms with Gasteiger partial charge in [0.05, 0.1) is 0 Å². The van der Waals surface area contributed by atoms with Crippen molar-refractivity contribution in [3.8, 4) is 5.75 Å². The predicted molar refractivity (Wildman–Crippen MR) is 119 cm³/mol. The van der Waals surface area contributed by atoms with Crippen LogP contribution in [-0.4, -0.2) is 44.6 Å². The molecule has 1 N–H and O–H groups in total. The molecule has 1 rings (SSSR count). The Labute approximate surface area is 173 Å². The van der Waals surface area contributed by atoms with Crippen molar-refractivity contribution in [2.45, 2.75) is 78.1 Å². The molecule has 0 unspecified atom stereocenters. The zero-order chi connectivity index (χ0) is 20.3. The maximum absolute atomic E-state index is 9.56. The minimum absolute atomic E-state index is 0.331. The van der Waals surface area contributed by atoms with Crippen LogP contribution >= 0.6 is 0 Å². The van der Waals surface area contributed by atoms with Crippen LogP contribution in [0.5, 0.6) is 5.75 Å². The molecule has 0 heterocycles. The van der Waals surface area contributed by atoms with Crippen molar-refractivity contribution in [3.05, 3.63) is 24.3 Å². The lowest BCUT2D eigenvalue weighted by molar-refractivity contribution is 0.127. The number of hydrogen-bond acceptors (Lipinski definition) is 4. The van der Waals surface area contributed by atoms with Crippen LogP contribution in [0.2, 0.25) is 0 Å². The molecule has 0 aliphatic rings. The van der Waals surface area contributed by atoms with Crippen LogP contribution in [0.1, 0.15) is 78.1 Å². The molecular weight excluding hydrogens is 350 g/mol. The van der Waals surface area contributed by atoms with Gasteiger partial charge in [-0.15, -0.1) is 0 Å². The fourth-order valence-corrected chi connectivity index (χ4v) is 3.10. The Morgan fingerprint density at radius 3 is 1.57 bits per heavy atom. The number of hydrogen-bond donors (Lipinski definition) is 1. The molecule has 0 radical (unpaired) electrons. The predicted octanol–water partition coefficient (Wildman–Crippen LogP) is 6.17. The minimum Gasteiger partial charge on any atom is -0.508 e. The molecule has 0 aromatic heterocycles. The number of rotatable bonds is 19. The summed E-state index contributed by atoms with van der Waals surface area (Å²) in [6.07, 6.45) is 11.8. The van der Waals surface area contributed by atoms with Crippen molar-refractivity contribution < 1.29 is 14.6 Å². The van der Waals surface area contributed by atoms with E-state index in [0.29, 0.717) is 5.75 Å². The van der Waals surface area contributed by atoms with E-state index in [4.69, 9.17) is 9.47 Å². The highest BCUT2D eigenvalue weighted by Crippen LogP contribution is 2.20. The number of unbranched alkanes of at least 4 members (excludes halogenated alkanes) is 6. The first-order valence-electron chi connectivity index (χ1n) is 11.5. The molecule has 0 spiro atoms. The molecule has 4 heteroatoms. The summed E-state index contributed by atoms with van der Waals surface area (Å²) >= 11 is 0. The van der Waals surface area contributed by atoms with Crippen molar-refractivity contribution in [3.63, 3.8) is 0 Å². The maximum Gasteiger partial charge on any atom is 0.115 e. The van der Waals surface area contributed by atoms with Gasteiger partial charge in [-0.1, -0.05) is 26.7 Å². The molecule has 0 amide bonds. The van der Waals surface area contributed by atoms with Crippen molar-refractivity contribution in [1.29, 1.82) is 0 Å². The zero-order valence-corrected chi connectivity index (χ0v) is 18.3. The number of aromatic hydroxyl groups is 1. The largest absolute Gasteiger partial charge is 0.508 e. The highest BCUT2D eigenvalue weighted by molar-refractivity contribution is 5.48. The van der Waals surface area contributed by atoms with E-state index in [1.165, 1.54) is 44.2 Å².